The SMILES string of the molecule is C[C@@H]1[C@H](C(=O)O)CCCN1S(=O)(=O)Cc1ccc(C(F)F)cc1. The highest BCUT2D eigenvalue weighted by atomic mass is 32.2. The molecule has 0 amide bonds. The second-order valence-electron chi connectivity index (χ2n) is 5.74. The molecule has 0 unspecified atom stereocenters. The summed E-state index contributed by atoms with van der Waals surface area (Å²) >= 11 is 0. The molecule has 0 radical (unpaired) electrons. The summed E-state index contributed by atoms with van der Waals surface area (Å²) in [6.07, 6.45) is -1.66. The molecule has 0 aliphatic carbocycles. The van der Waals surface area contributed by atoms with Crippen molar-refractivity contribution in [1.82, 2.24) is 4.31 Å². The van der Waals surface area contributed by atoms with E-state index >= 15 is 0 Å². The number of hydrogen-bond acceptors (Lipinski definition) is 3. The van der Waals surface area contributed by atoms with Crippen LogP contribution in [0.4, 0.5) is 8.78 Å². The monoisotopic (exact) mass is 347 g/mol. The van der Waals surface area contributed by atoms with Gasteiger partial charge in [-0.2, -0.15) is 4.31 Å². The molecular formula is C15H19F2NO4S. The lowest BCUT2D eigenvalue weighted by Gasteiger charge is -2.36. The van der Waals surface area contributed by atoms with Gasteiger partial charge in [-0.1, -0.05) is 24.3 Å². The molecule has 1 aliphatic rings. The molecule has 1 aromatic carbocycles. The van der Waals surface area contributed by atoms with Gasteiger partial charge in [0.15, 0.2) is 0 Å². The number of rotatable bonds is 5. The molecular weight excluding hydrogens is 328 g/mol. The molecule has 0 spiro atoms. The average Bonchev–Trinajstić information content (AvgIpc) is 2.47. The molecule has 1 saturated heterocycles. The molecule has 23 heavy (non-hydrogen) atoms. The Kier molecular flexibility index (Phi) is 5.36. The van der Waals surface area contributed by atoms with E-state index in [9.17, 15) is 27.1 Å². The average molecular weight is 347 g/mol. The fourth-order valence-electron chi connectivity index (χ4n) is 2.89. The van der Waals surface area contributed by atoms with Crippen molar-refractivity contribution >= 4 is 16.0 Å². The molecule has 0 bridgehead atoms. The predicted octanol–water partition coefficient (Wildman–Crippen LogP) is 2.64. The summed E-state index contributed by atoms with van der Waals surface area (Å²) in [5.74, 6) is -2.05. The van der Waals surface area contributed by atoms with Gasteiger partial charge in [0, 0.05) is 18.2 Å². The van der Waals surface area contributed by atoms with Crippen LogP contribution in [0.15, 0.2) is 24.3 Å². The second kappa shape index (κ2) is 6.92. The van der Waals surface area contributed by atoms with Gasteiger partial charge in [-0.05, 0) is 25.3 Å². The van der Waals surface area contributed by atoms with E-state index in [0.717, 1.165) is 0 Å². The Hall–Kier alpha value is -1.54. The third-order valence-electron chi connectivity index (χ3n) is 4.19. The summed E-state index contributed by atoms with van der Waals surface area (Å²) in [6.45, 7) is 1.87. The standard InChI is InChI=1S/C15H19F2NO4S/c1-10-13(15(19)20)3-2-8-18(10)23(21,22)9-11-4-6-12(7-5-11)14(16)17/h4-7,10,13-14H,2-3,8-9H2,1H3,(H,19,20)/t10-,13-/m1/s1. The first-order chi connectivity index (χ1) is 10.7. The van der Waals surface area contributed by atoms with Crippen molar-refractivity contribution in [2.24, 2.45) is 5.92 Å². The van der Waals surface area contributed by atoms with Crippen LogP contribution < -0.4 is 0 Å². The largest absolute Gasteiger partial charge is 0.481 e. The Bertz CT molecular complexity index is 661. The number of nitrogens with zero attached hydrogens (tertiary/aromatic N) is 1. The van der Waals surface area contributed by atoms with Crippen molar-refractivity contribution in [2.45, 2.75) is 38.0 Å². The van der Waals surface area contributed by atoms with Gasteiger partial charge in [0.2, 0.25) is 10.0 Å². The van der Waals surface area contributed by atoms with Crippen LogP contribution >= 0.6 is 0 Å². The number of carbonyl (C=O) groups is 1. The number of piperidine rings is 1. The van der Waals surface area contributed by atoms with E-state index in [1.54, 1.807) is 6.92 Å². The van der Waals surface area contributed by atoms with E-state index in [4.69, 9.17) is 0 Å². The minimum absolute atomic E-state index is 0.163. The number of alkyl halides is 2. The highest BCUT2D eigenvalue weighted by molar-refractivity contribution is 7.88. The summed E-state index contributed by atoms with van der Waals surface area (Å²) in [7, 11) is -3.70. The topological polar surface area (TPSA) is 74.7 Å². The Morgan fingerprint density at radius 3 is 2.48 bits per heavy atom. The minimum atomic E-state index is -3.70. The number of aliphatic carboxylic acids is 1. The van der Waals surface area contributed by atoms with Crippen molar-refractivity contribution in [3.05, 3.63) is 35.4 Å². The van der Waals surface area contributed by atoms with Crippen LogP contribution in [-0.2, 0) is 20.6 Å². The molecule has 1 fully saturated rings. The van der Waals surface area contributed by atoms with Crippen molar-refractivity contribution in [3.8, 4) is 0 Å². The first-order valence-corrected chi connectivity index (χ1v) is 8.92. The van der Waals surface area contributed by atoms with Gasteiger partial charge in [-0.15, -0.1) is 0 Å². The van der Waals surface area contributed by atoms with Gasteiger partial charge >= 0.3 is 5.97 Å². The lowest BCUT2D eigenvalue weighted by atomic mass is 9.92. The van der Waals surface area contributed by atoms with Crippen LogP contribution in [-0.4, -0.2) is 36.4 Å². The van der Waals surface area contributed by atoms with Crippen LogP contribution in [0.25, 0.3) is 0 Å². The van der Waals surface area contributed by atoms with E-state index in [2.05, 4.69) is 0 Å². The summed E-state index contributed by atoms with van der Waals surface area (Å²) < 4.78 is 51.3. The molecule has 2 rings (SSSR count). The maximum atomic E-state index is 12.5. The predicted molar refractivity (Wildman–Crippen MR) is 80.6 cm³/mol. The van der Waals surface area contributed by atoms with Gasteiger partial charge in [-0.3, -0.25) is 4.79 Å². The highest BCUT2D eigenvalue weighted by Crippen LogP contribution is 2.28. The van der Waals surface area contributed by atoms with Gasteiger partial charge < -0.3 is 5.11 Å². The molecule has 1 aromatic rings. The van der Waals surface area contributed by atoms with Gasteiger partial charge in [0.1, 0.15) is 0 Å². The summed E-state index contributed by atoms with van der Waals surface area (Å²) in [5, 5.41) is 9.17. The molecule has 1 heterocycles. The van der Waals surface area contributed by atoms with E-state index in [-0.39, 0.29) is 17.9 Å². The van der Waals surface area contributed by atoms with Crippen LogP contribution in [0.2, 0.25) is 0 Å². The van der Waals surface area contributed by atoms with Gasteiger partial charge in [0.05, 0.1) is 11.7 Å². The Morgan fingerprint density at radius 1 is 1.35 bits per heavy atom. The number of carboxylic acid groups (broad SMARTS) is 1. The van der Waals surface area contributed by atoms with Crippen LogP contribution in [0, 0.1) is 5.92 Å². The zero-order chi connectivity index (χ0) is 17.2. The zero-order valence-corrected chi connectivity index (χ0v) is 13.5. The first-order valence-electron chi connectivity index (χ1n) is 7.31. The number of benzene rings is 1. The van der Waals surface area contributed by atoms with Crippen LogP contribution in [0.1, 0.15) is 37.3 Å². The lowest BCUT2D eigenvalue weighted by molar-refractivity contribution is -0.144. The van der Waals surface area contributed by atoms with E-state index in [0.29, 0.717) is 18.4 Å². The number of carboxylic acids is 1. The second-order valence-corrected chi connectivity index (χ2v) is 7.66. The molecule has 1 N–H and O–H groups in total. The zero-order valence-electron chi connectivity index (χ0n) is 12.7. The smallest absolute Gasteiger partial charge is 0.308 e. The van der Waals surface area contributed by atoms with Crippen molar-refractivity contribution in [2.75, 3.05) is 6.54 Å². The molecule has 128 valence electrons. The minimum Gasteiger partial charge on any atom is -0.481 e. The molecule has 1 aliphatic heterocycles. The maximum absolute atomic E-state index is 12.5. The normalized spacial score (nSPS) is 23.1. The Morgan fingerprint density at radius 2 is 1.96 bits per heavy atom. The Labute approximate surface area is 134 Å². The highest BCUT2D eigenvalue weighted by Gasteiger charge is 2.38. The number of hydrogen-bond donors (Lipinski definition) is 1. The van der Waals surface area contributed by atoms with Crippen LogP contribution in [0.3, 0.4) is 0 Å². The maximum Gasteiger partial charge on any atom is 0.308 e. The molecule has 0 aromatic heterocycles. The summed E-state index contributed by atoms with van der Waals surface area (Å²) in [6, 6.07) is 4.52. The van der Waals surface area contributed by atoms with Crippen molar-refractivity contribution < 1.29 is 27.1 Å². The number of halogens is 2. The Balaban J connectivity index is 2.16. The van der Waals surface area contributed by atoms with Crippen molar-refractivity contribution in [3.63, 3.8) is 0 Å². The van der Waals surface area contributed by atoms with Crippen LogP contribution in [0.5, 0.6) is 0 Å². The fraction of sp³-hybridized carbons (Fsp3) is 0.533. The third-order valence-corrected chi connectivity index (χ3v) is 6.11. The third kappa shape index (κ3) is 4.06. The van der Waals surface area contributed by atoms with Crippen molar-refractivity contribution in [1.29, 1.82) is 0 Å². The summed E-state index contributed by atoms with van der Waals surface area (Å²) in [5.41, 5.74) is 0.238. The molecule has 5 nitrogen and oxygen atoms in total. The van der Waals surface area contributed by atoms with E-state index in [1.807, 2.05) is 0 Å². The fourth-order valence-corrected chi connectivity index (χ4v) is 4.73. The molecule has 2 atom stereocenters. The lowest BCUT2D eigenvalue weighted by Crippen LogP contribution is -2.49. The quantitative estimate of drug-likeness (QED) is 0.888. The van der Waals surface area contributed by atoms with Gasteiger partial charge in [0.25, 0.3) is 6.43 Å². The first kappa shape index (κ1) is 17.8. The number of sulfonamides is 1. The van der Waals surface area contributed by atoms with E-state index < -0.39 is 34.4 Å². The molecule has 8 heteroatoms. The van der Waals surface area contributed by atoms with E-state index in [1.165, 1.54) is 28.6 Å². The molecule has 0 saturated carbocycles. The summed E-state index contributed by atoms with van der Waals surface area (Å²) in [4.78, 5) is 11.2. The van der Waals surface area contributed by atoms with Gasteiger partial charge in [-0.25, -0.2) is 17.2 Å².